The zero-order valence-corrected chi connectivity index (χ0v) is 15.0. The van der Waals surface area contributed by atoms with Crippen LogP contribution in [0.4, 0.5) is 0 Å². The summed E-state index contributed by atoms with van der Waals surface area (Å²) in [6.07, 6.45) is 3.24. The van der Waals surface area contributed by atoms with E-state index in [-0.39, 0.29) is 6.10 Å². The summed E-state index contributed by atoms with van der Waals surface area (Å²) < 4.78 is 11.1. The van der Waals surface area contributed by atoms with Crippen LogP contribution in [0.3, 0.4) is 0 Å². The van der Waals surface area contributed by atoms with E-state index in [9.17, 15) is 0 Å². The molecule has 1 unspecified atom stereocenters. The molecule has 0 bridgehead atoms. The van der Waals surface area contributed by atoms with Crippen molar-refractivity contribution in [3.63, 3.8) is 0 Å². The van der Waals surface area contributed by atoms with Crippen molar-refractivity contribution in [1.82, 2.24) is 10.6 Å². The molecule has 134 valence electrons. The van der Waals surface area contributed by atoms with Gasteiger partial charge in [0, 0.05) is 32.8 Å². The molecule has 1 aromatic carbocycles. The Morgan fingerprint density at radius 3 is 2.83 bits per heavy atom. The van der Waals surface area contributed by atoms with Crippen LogP contribution >= 0.6 is 0 Å². The first-order valence-corrected chi connectivity index (χ1v) is 9.05. The first kappa shape index (κ1) is 18.7. The highest BCUT2D eigenvalue weighted by atomic mass is 16.5. The molecule has 5 nitrogen and oxygen atoms in total. The topological polar surface area (TPSA) is 54.9 Å². The summed E-state index contributed by atoms with van der Waals surface area (Å²) in [5, 5.41) is 6.68. The van der Waals surface area contributed by atoms with Crippen LogP contribution in [0.1, 0.15) is 30.9 Å². The van der Waals surface area contributed by atoms with Crippen molar-refractivity contribution in [1.29, 1.82) is 0 Å². The first-order valence-electron chi connectivity index (χ1n) is 9.05. The zero-order chi connectivity index (χ0) is 17.0. The number of nitrogens with one attached hydrogen (secondary N) is 2. The van der Waals surface area contributed by atoms with Crippen LogP contribution in [0, 0.1) is 6.92 Å². The van der Waals surface area contributed by atoms with E-state index < -0.39 is 0 Å². The number of rotatable bonds is 9. The summed E-state index contributed by atoms with van der Waals surface area (Å²) in [4.78, 5) is 4.61. The van der Waals surface area contributed by atoms with Crippen LogP contribution in [0.5, 0.6) is 0 Å². The summed E-state index contributed by atoms with van der Waals surface area (Å²) in [7, 11) is 0. The smallest absolute Gasteiger partial charge is 0.191 e. The monoisotopic (exact) mass is 333 g/mol. The lowest BCUT2D eigenvalue weighted by Crippen LogP contribution is -2.38. The molecule has 1 aromatic rings. The molecule has 1 aliphatic heterocycles. The lowest BCUT2D eigenvalue weighted by Gasteiger charge is -2.12. The number of benzene rings is 1. The molecule has 1 atom stereocenters. The Labute approximate surface area is 145 Å². The molecular formula is C19H31N3O2. The summed E-state index contributed by atoms with van der Waals surface area (Å²) in [5.41, 5.74) is 2.64. The first-order chi connectivity index (χ1) is 11.8. The van der Waals surface area contributed by atoms with Gasteiger partial charge in [0.15, 0.2) is 5.96 Å². The van der Waals surface area contributed by atoms with Gasteiger partial charge < -0.3 is 20.1 Å². The molecule has 0 saturated carbocycles. The lowest BCUT2D eigenvalue weighted by molar-refractivity contribution is 0.0424. The minimum atomic E-state index is 0.287. The van der Waals surface area contributed by atoms with E-state index in [1.54, 1.807) is 0 Å². The Bertz CT molecular complexity index is 482. The number of hydrogen-bond donors (Lipinski definition) is 2. The maximum atomic E-state index is 5.76. The van der Waals surface area contributed by atoms with E-state index in [0.29, 0.717) is 0 Å². The number of nitrogens with zero attached hydrogens (tertiary/aromatic N) is 1. The minimum absolute atomic E-state index is 0.287. The van der Waals surface area contributed by atoms with Gasteiger partial charge in [0.05, 0.1) is 12.7 Å². The molecule has 1 fully saturated rings. The predicted molar refractivity (Wildman–Crippen MR) is 98.7 cm³/mol. The second-order valence-electron chi connectivity index (χ2n) is 6.13. The molecule has 2 rings (SSSR count). The van der Waals surface area contributed by atoms with Crippen molar-refractivity contribution in [2.24, 2.45) is 4.99 Å². The molecule has 24 heavy (non-hydrogen) atoms. The fraction of sp³-hybridized carbons (Fsp3) is 0.632. The van der Waals surface area contributed by atoms with Crippen LogP contribution in [0.2, 0.25) is 0 Å². The van der Waals surface area contributed by atoms with Gasteiger partial charge in [-0.2, -0.15) is 0 Å². The molecule has 1 heterocycles. The van der Waals surface area contributed by atoms with E-state index >= 15 is 0 Å². The molecule has 0 aromatic heterocycles. The third kappa shape index (κ3) is 7.32. The second kappa shape index (κ2) is 11.0. The summed E-state index contributed by atoms with van der Waals surface area (Å²) >= 11 is 0. The third-order valence-electron chi connectivity index (χ3n) is 3.98. The van der Waals surface area contributed by atoms with Gasteiger partial charge in [-0.15, -0.1) is 0 Å². The van der Waals surface area contributed by atoms with Gasteiger partial charge >= 0.3 is 0 Å². The molecular weight excluding hydrogens is 302 g/mol. The maximum absolute atomic E-state index is 5.76. The van der Waals surface area contributed by atoms with Crippen molar-refractivity contribution in [3.8, 4) is 0 Å². The second-order valence-corrected chi connectivity index (χ2v) is 6.13. The number of aliphatic imine (C=N–C) groups is 1. The molecule has 0 spiro atoms. The van der Waals surface area contributed by atoms with Gasteiger partial charge in [-0.25, -0.2) is 0 Å². The molecule has 1 aliphatic rings. The van der Waals surface area contributed by atoms with Crippen LogP contribution in [0.25, 0.3) is 0 Å². The van der Waals surface area contributed by atoms with Crippen LogP contribution in [-0.2, 0) is 15.9 Å². The average molecular weight is 333 g/mol. The van der Waals surface area contributed by atoms with Crippen molar-refractivity contribution in [2.75, 3.05) is 39.5 Å². The van der Waals surface area contributed by atoms with Crippen LogP contribution in [-0.4, -0.2) is 51.5 Å². The Morgan fingerprint density at radius 2 is 2.12 bits per heavy atom. The number of hydrogen-bond acceptors (Lipinski definition) is 3. The number of ether oxygens (including phenoxy) is 2. The largest absolute Gasteiger partial charge is 0.379 e. The lowest BCUT2D eigenvalue weighted by atomic mass is 10.1. The van der Waals surface area contributed by atoms with Crippen molar-refractivity contribution in [2.45, 2.75) is 39.2 Å². The van der Waals surface area contributed by atoms with E-state index in [4.69, 9.17) is 9.47 Å². The molecule has 1 saturated heterocycles. The van der Waals surface area contributed by atoms with E-state index in [2.05, 4.69) is 53.7 Å². The van der Waals surface area contributed by atoms with Gasteiger partial charge in [-0.3, -0.25) is 4.99 Å². The Hall–Kier alpha value is -1.59. The van der Waals surface area contributed by atoms with Gasteiger partial charge in [-0.05, 0) is 38.7 Å². The average Bonchev–Trinajstić information content (AvgIpc) is 3.10. The molecule has 2 N–H and O–H groups in total. The quantitative estimate of drug-likeness (QED) is 0.414. The van der Waals surface area contributed by atoms with Crippen molar-refractivity contribution < 1.29 is 9.47 Å². The fourth-order valence-electron chi connectivity index (χ4n) is 2.57. The highest BCUT2D eigenvalue weighted by Gasteiger charge is 2.15. The fourth-order valence-corrected chi connectivity index (χ4v) is 2.57. The standard InChI is InChI=1S/C19H31N3O2/c1-3-20-19(21-11-4-13-24-18-10-14-23-15-18)22-12-9-17-7-5-16(2)6-8-17/h5-8,18H,3-4,9-15H2,1-2H3,(H2,20,21,22). The Morgan fingerprint density at radius 1 is 1.29 bits per heavy atom. The van der Waals surface area contributed by atoms with Gasteiger partial charge in [0.25, 0.3) is 0 Å². The Kier molecular flexibility index (Phi) is 8.63. The van der Waals surface area contributed by atoms with Crippen LogP contribution < -0.4 is 10.6 Å². The highest BCUT2D eigenvalue weighted by molar-refractivity contribution is 5.79. The van der Waals surface area contributed by atoms with Gasteiger partial charge in [0.1, 0.15) is 0 Å². The zero-order valence-electron chi connectivity index (χ0n) is 15.0. The molecule has 0 aliphatic carbocycles. The number of aryl methyl sites for hydroxylation is 1. The van der Waals surface area contributed by atoms with E-state index in [1.807, 2.05) is 0 Å². The van der Waals surface area contributed by atoms with Crippen LogP contribution in [0.15, 0.2) is 29.3 Å². The molecule has 0 radical (unpaired) electrons. The van der Waals surface area contributed by atoms with Crippen molar-refractivity contribution >= 4 is 5.96 Å². The summed E-state index contributed by atoms with van der Waals surface area (Å²) in [5.74, 6) is 0.883. The van der Waals surface area contributed by atoms with E-state index in [1.165, 1.54) is 11.1 Å². The van der Waals surface area contributed by atoms with E-state index in [0.717, 1.165) is 64.7 Å². The summed E-state index contributed by atoms with van der Waals surface area (Å²) in [6, 6.07) is 8.68. The predicted octanol–water partition coefficient (Wildman–Crippen LogP) is 2.29. The minimum Gasteiger partial charge on any atom is -0.379 e. The highest BCUT2D eigenvalue weighted by Crippen LogP contribution is 2.08. The maximum Gasteiger partial charge on any atom is 0.191 e. The summed E-state index contributed by atoms with van der Waals surface area (Å²) in [6.45, 7) is 9.04. The molecule has 0 amide bonds. The Balaban J connectivity index is 1.63. The van der Waals surface area contributed by atoms with Crippen molar-refractivity contribution in [3.05, 3.63) is 35.4 Å². The van der Waals surface area contributed by atoms with Gasteiger partial charge in [0.2, 0.25) is 0 Å². The van der Waals surface area contributed by atoms with Gasteiger partial charge in [-0.1, -0.05) is 29.8 Å². The normalized spacial score (nSPS) is 17.9. The SMILES string of the molecule is CCNC(=NCCCOC1CCOC1)NCCc1ccc(C)cc1. The third-order valence-corrected chi connectivity index (χ3v) is 3.98. The number of guanidine groups is 1. The molecule has 5 heteroatoms.